The van der Waals surface area contributed by atoms with Crippen LogP contribution in [0.25, 0.3) is 0 Å². The van der Waals surface area contributed by atoms with Crippen LogP contribution in [0.3, 0.4) is 0 Å². The average molecular weight is 1090 g/mol. The second-order valence-corrected chi connectivity index (χ2v) is 22.8. The molecule has 0 aliphatic carbocycles. The first-order chi connectivity index (χ1) is 36.3. The fourth-order valence-corrected chi connectivity index (χ4v) is 13.5. The van der Waals surface area contributed by atoms with Gasteiger partial charge in [0.1, 0.15) is 11.6 Å². The van der Waals surface area contributed by atoms with Gasteiger partial charge in [0.15, 0.2) is 17.5 Å². The van der Waals surface area contributed by atoms with Crippen LogP contribution in [0.15, 0.2) is 28.2 Å². The molecule has 0 aromatic heterocycles. The fraction of sp³-hybridized carbons (Fsp3) is 0.722. The lowest BCUT2D eigenvalue weighted by Gasteiger charge is -2.15. The zero-order valence-electron chi connectivity index (χ0n) is 44.3. The van der Waals surface area contributed by atoms with Crippen molar-refractivity contribution in [2.75, 3.05) is 70.6 Å². The number of methoxy groups -OCH3 is 2. The average Bonchev–Trinajstić information content (AvgIpc) is 4.17. The predicted octanol–water partition coefficient (Wildman–Crippen LogP) is 6.32. The van der Waals surface area contributed by atoms with Crippen LogP contribution in [0.4, 0.5) is 10.5 Å². The van der Waals surface area contributed by atoms with Gasteiger partial charge in [0.25, 0.3) is 0 Å². The van der Waals surface area contributed by atoms with Gasteiger partial charge in [-0.15, -0.1) is 0 Å². The number of hydrogen-bond donors (Lipinski definition) is 6. The van der Waals surface area contributed by atoms with Crippen LogP contribution in [0.2, 0.25) is 0 Å². The number of nitrogens with zero attached hydrogens (tertiary/aromatic N) is 2. The maximum Gasteiger partial charge on any atom is 0.319 e. The summed E-state index contributed by atoms with van der Waals surface area (Å²) in [6, 6.07) is 4.92. The topological polar surface area (TPSA) is 295 Å². The minimum absolute atomic E-state index is 0.0308. The van der Waals surface area contributed by atoms with Crippen LogP contribution < -0.4 is 33.2 Å². The molecule has 2 saturated heterocycles. The number of amidine groups is 1. The number of unbranched alkanes of at least 4 members (excludes halogenated alkanes) is 6. The van der Waals surface area contributed by atoms with Crippen molar-refractivity contribution in [3.63, 3.8) is 0 Å². The third kappa shape index (κ3) is 21.4. The molecule has 4 heterocycles. The molecule has 9 N–H and O–H groups in total. The van der Waals surface area contributed by atoms with Gasteiger partial charge < -0.3 is 52.1 Å². The smallest absolute Gasteiger partial charge is 0.319 e. The molecule has 0 radical (unpaired) electrons. The van der Waals surface area contributed by atoms with Crippen molar-refractivity contribution in [3.05, 3.63) is 29.3 Å². The highest BCUT2D eigenvalue weighted by Gasteiger charge is 2.41. The molecule has 4 aliphatic rings. The van der Waals surface area contributed by atoms with E-state index in [2.05, 4.69) is 25.9 Å². The Kier molecular flexibility index (Phi) is 27.4. The third-order valence-corrected chi connectivity index (χ3v) is 17.5. The number of aliphatic imine (C=N–C) groups is 2. The lowest BCUT2D eigenvalue weighted by molar-refractivity contribution is -0.148. The van der Waals surface area contributed by atoms with Gasteiger partial charge in [-0.05, 0) is 81.2 Å². The molecule has 4 aliphatic heterocycles. The summed E-state index contributed by atoms with van der Waals surface area (Å²) in [4.78, 5) is 101. The van der Waals surface area contributed by atoms with E-state index in [1.165, 1.54) is 14.2 Å². The van der Waals surface area contributed by atoms with E-state index in [-0.39, 0.29) is 84.8 Å². The van der Waals surface area contributed by atoms with Crippen LogP contribution >= 0.6 is 23.5 Å². The Morgan fingerprint density at radius 1 is 0.667 bits per heavy atom. The fourth-order valence-electron chi connectivity index (χ4n) is 10.4. The van der Waals surface area contributed by atoms with Gasteiger partial charge in [0.05, 0.1) is 76.4 Å². The number of hydrogen-bond acceptors (Lipinski definition) is 19. The number of nitrogens with two attached hydrogens (primary N) is 3. The molecule has 19 nitrogen and oxygen atoms in total. The molecule has 1 aromatic rings. The SMILES string of the molecule is COC(=O)[C@H](CCCCCC(=O)c1cc(NC(=O)NCCOCCOCCN)cc(C(=O)CCCCC[C@H](CC(=O)CCCC[C@@H]2SC[C@@H]3NC(N)=N[C@@H]32)C(=O)OC)c1)CC(=O)CCCC[C@@H]1SC[C@@H]2CC(N)=N[C@@H]21. The highest BCUT2D eigenvalue weighted by atomic mass is 32.2. The van der Waals surface area contributed by atoms with E-state index in [0.717, 1.165) is 62.3 Å². The number of rotatable bonds is 39. The molecular formula is C54H84N8O11S2. The largest absolute Gasteiger partial charge is 0.469 e. The number of amides is 2. The van der Waals surface area contributed by atoms with E-state index in [0.29, 0.717) is 125 Å². The van der Waals surface area contributed by atoms with Crippen LogP contribution in [-0.2, 0) is 38.1 Å². The normalized spacial score (nSPS) is 21.3. The monoisotopic (exact) mass is 1080 g/mol. The number of ether oxygens (including phenoxy) is 4. The predicted molar refractivity (Wildman–Crippen MR) is 295 cm³/mol. The van der Waals surface area contributed by atoms with Gasteiger partial charge in [0.2, 0.25) is 0 Å². The number of carbonyl (C=O) groups excluding carboxylic acids is 7. The second kappa shape index (κ2) is 33.6. The zero-order chi connectivity index (χ0) is 54.0. The molecule has 418 valence electrons. The van der Waals surface area contributed by atoms with Crippen molar-refractivity contribution in [2.24, 2.45) is 44.9 Å². The van der Waals surface area contributed by atoms with Gasteiger partial charge in [-0.25, -0.2) is 9.79 Å². The number of nitrogens with one attached hydrogen (secondary N) is 3. The van der Waals surface area contributed by atoms with Crippen molar-refractivity contribution in [3.8, 4) is 0 Å². The number of urea groups is 1. The van der Waals surface area contributed by atoms with Crippen LogP contribution in [0.5, 0.6) is 0 Å². The standard InChI is InChI=1S/C54H84N8O11S2/c1-70-51(67)35(30-41(63)15-9-11-19-46-49-39(33-74-46)32-48(56)61-49)13-5-3-7-17-44(65)37-27-38(29-40(28-37)59-54(69)58-22-24-73-26-25-72-23-21-55)45(66)18-8-4-6-14-36(52(68)71-2)31-42(64)16-10-12-20-47-50-43(34-75-47)60-53(57)62-50/h27-29,35-36,39,43,46-47,49-50H,3-26,30-34,55H2,1-2H3,(H2,56,61)(H3,57,60,62)(H2,58,59,69)/t35-,36-,39+,43+,46+,47+,49+,50+/m1/s1. The maximum absolute atomic E-state index is 13.7. The van der Waals surface area contributed by atoms with Gasteiger partial charge in [0, 0.05) is 91.1 Å². The number of carbonyl (C=O) groups is 7. The maximum atomic E-state index is 13.7. The molecule has 2 amide bonds. The van der Waals surface area contributed by atoms with E-state index < -0.39 is 29.8 Å². The first-order valence-corrected chi connectivity index (χ1v) is 29.3. The molecule has 0 unspecified atom stereocenters. The van der Waals surface area contributed by atoms with Crippen LogP contribution in [0, 0.1) is 17.8 Å². The Balaban J connectivity index is 1.05. The number of esters is 2. The first-order valence-electron chi connectivity index (χ1n) is 27.2. The molecular weight excluding hydrogens is 1000 g/mol. The number of Topliss-reactive ketones (excluding diaryl/α,β-unsaturated/α-hetero) is 4. The molecule has 5 rings (SSSR count). The molecule has 0 saturated carbocycles. The van der Waals surface area contributed by atoms with E-state index in [1.807, 2.05) is 23.5 Å². The number of fused-ring (bicyclic) bond motifs is 2. The molecule has 75 heavy (non-hydrogen) atoms. The summed E-state index contributed by atoms with van der Waals surface area (Å²) >= 11 is 3.85. The lowest BCUT2D eigenvalue weighted by Crippen LogP contribution is -2.38. The van der Waals surface area contributed by atoms with E-state index in [9.17, 15) is 33.6 Å². The molecule has 0 spiro atoms. The highest BCUT2D eigenvalue weighted by Crippen LogP contribution is 2.41. The van der Waals surface area contributed by atoms with Crippen LogP contribution in [0.1, 0.15) is 156 Å². The summed E-state index contributed by atoms with van der Waals surface area (Å²) in [5.74, 6) is 1.58. The third-order valence-electron chi connectivity index (χ3n) is 14.4. The number of benzene rings is 1. The van der Waals surface area contributed by atoms with Gasteiger partial charge in [-0.1, -0.05) is 38.5 Å². The summed E-state index contributed by atoms with van der Waals surface area (Å²) in [5, 5.41) is 9.54. The number of anilines is 1. The summed E-state index contributed by atoms with van der Waals surface area (Å²) in [5.41, 5.74) is 18.1. The Hall–Kier alpha value is -4.57. The van der Waals surface area contributed by atoms with Crippen molar-refractivity contribution < 1.29 is 52.5 Å². The van der Waals surface area contributed by atoms with Crippen molar-refractivity contribution in [2.45, 2.75) is 163 Å². The quantitative estimate of drug-likeness (QED) is 0.0239. The minimum atomic E-state index is -0.558. The number of thioether (sulfide) groups is 2. The molecule has 0 bridgehead atoms. The minimum Gasteiger partial charge on any atom is -0.469 e. The first kappa shape index (κ1) is 61.3. The summed E-state index contributed by atoms with van der Waals surface area (Å²) < 4.78 is 20.9. The zero-order valence-corrected chi connectivity index (χ0v) is 45.9. The Bertz CT molecular complexity index is 1990. The van der Waals surface area contributed by atoms with Crippen molar-refractivity contribution in [1.82, 2.24) is 10.6 Å². The van der Waals surface area contributed by atoms with E-state index in [4.69, 9.17) is 36.1 Å². The molecule has 8 atom stereocenters. The van der Waals surface area contributed by atoms with Crippen LogP contribution in [-0.4, -0.2) is 147 Å². The van der Waals surface area contributed by atoms with Crippen molar-refractivity contribution in [1.29, 1.82) is 0 Å². The summed E-state index contributed by atoms with van der Waals surface area (Å²) in [6.07, 6.45) is 12.0. The Morgan fingerprint density at radius 2 is 1.21 bits per heavy atom. The summed E-state index contributed by atoms with van der Waals surface area (Å²) in [6.45, 7) is 2.03. The van der Waals surface area contributed by atoms with E-state index >= 15 is 0 Å². The van der Waals surface area contributed by atoms with Gasteiger partial charge in [-0.3, -0.25) is 33.8 Å². The molecule has 21 heteroatoms. The molecule has 1 aromatic carbocycles. The number of ketones is 4. The van der Waals surface area contributed by atoms with Gasteiger partial charge in [-0.2, -0.15) is 23.5 Å². The van der Waals surface area contributed by atoms with E-state index in [1.54, 1.807) is 18.2 Å². The lowest BCUT2D eigenvalue weighted by atomic mass is 9.92. The molecule has 2 fully saturated rings. The van der Waals surface area contributed by atoms with Crippen molar-refractivity contribution >= 4 is 82.1 Å². The highest BCUT2D eigenvalue weighted by molar-refractivity contribution is 8.00. The Labute approximate surface area is 451 Å². The van der Waals surface area contributed by atoms with Gasteiger partial charge >= 0.3 is 18.0 Å². The second-order valence-electron chi connectivity index (χ2n) is 20.2. The summed E-state index contributed by atoms with van der Waals surface area (Å²) in [7, 11) is 2.65. The Morgan fingerprint density at radius 3 is 1.79 bits per heavy atom. The number of guanidine groups is 1.